The van der Waals surface area contributed by atoms with Gasteiger partial charge in [-0.05, 0) is 46.6 Å². The molecule has 128 valence electrons. The first-order valence-electron chi connectivity index (χ1n) is 8.48. The van der Waals surface area contributed by atoms with Crippen LogP contribution in [0, 0.1) is 5.41 Å². The van der Waals surface area contributed by atoms with Crippen LogP contribution >= 0.6 is 0 Å². The van der Waals surface area contributed by atoms with Crippen molar-refractivity contribution in [1.82, 2.24) is 10.2 Å². The van der Waals surface area contributed by atoms with E-state index < -0.39 is 5.54 Å². The van der Waals surface area contributed by atoms with Crippen molar-refractivity contribution < 1.29 is 9.53 Å². The van der Waals surface area contributed by atoms with Crippen molar-refractivity contribution in [2.75, 3.05) is 13.6 Å². The lowest BCUT2D eigenvalue weighted by Gasteiger charge is -2.53. The largest absolute Gasteiger partial charge is 0.461 e. The van der Waals surface area contributed by atoms with Gasteiger partial charge in [0.15, 0.2) is 0 Å². The zero-order valence-corrected chi connectivity index (χ0v) is 15.7. The molecule has 4 nitrogen and oxygen atoms in total. The second-order valence-electron chi connectivity index (χ2n) is 9.79. The fourth-order valence-electron chi connectivity index (χ4n) is 3.98. The standard InChI is InChI=1S/C18H34N2O2/c1-15(2,3)11-18(12-19-18)14(21)22-13-9-16(4,5)20(8)17(6,7)10-13/h13,19H,9-12H2,1-8H3. The summed E-state index contributed by atoms with van der Waals surface area (Å²) in [6, 6.07) is 0. The van der Waals surface area contributed by atoms with E-state index >= 15 is 0 Å². The van der Waals surface area contributed by atoms with Crippen molar-refractivity contribution >= 4 is 5.97 Å². The fourth-order valence-corrected chi connectivity index (χ4v) is 3.98. The molecule has 0 saturated carbocycles. The number of nitrogens with one attached hydrogen (secondary N) is 1. The number of ether oxygens (including phenoxy) is 1. The minimum Gasteiger partial charge on any atom is -0.461 e. The summed E-state index contributed by atoms with van der Waals surface area (Å²) < 4.78 is 5.96. The zero-order chi connectivity index (χ0) is 17.0. The van der Waals surface area contributed by atoms with Gasteiger partial charge in [-0.25, -0.2) is 4.79 Å². The molecule has 0 aromatic rings. The Morgan fingerprint density at radius 3 is 2.00 bits per heavy atom. The van der Waals surface area contributed by atoms with E-state index in [1.165, 1.54) is 0 Å². The van der Waals surface area contributed by atoms with Gasteiger partial charge in [0.1, 0.15) is 11.6 Å². The van der Waals surface area contributed by atoms with E-state index in [1.54, 1.807) is 0 Å². The van der Waals surface area contributed by atoms with Crippen LogP contribution in [0.4, 0.5) is 0 Å². The summed E-state index contributed by atoms with van der Waals surface area (Å²) in [5, 5.41) is 3.26. The van der Waals surface area contributed by atoms with Crippen LogP contribution in [0.1, 0.15) is 67.7 Å². The number of carbonyl (C=O) groups excluding carboxylic acids is 1. The molecule has 0 aromatic carbocycles. The number of hydrogen-bond acceptors (Lipinski definition) is 4. The lowest BCUT2D eigenvalue weighted by atomic mass is 9.78. The Balaban J connectivity index is 2.04. The molecule has 0 amide bonds. The van der Waals surface area contributed by atoms with Crippen molar-refractivity contribution in [3.05, 3.63) is 0 Å². The van der Waals surface area contributed by atoms with E-state index in [0.29, 0.717) is 0 Å². The Hall–Kier alpha value is -0.610. The molecule has 0 aromatic heterocycles. The van der Waals surface area contributed by atoms with Gasteiger partial charge in [0, 0.05) is 30.5 Å². The maximum absolute atomic E-state index is 12.7. The summed E-state index contributed by atoms with van der Waals surface area (Å²) in [4.78, 5) is 15.1. The van der Waals surface area contributed by atoms with E-state index in [9.17, 15) is 4.79 Å². The number of carbonyl (C=O) groups is 1. The fraction of sp³-hybridized carbons (Fsp3) is 0.944. The van der Waals surface area contributed by atoms with Gasteiger partial charge >= 0.3 is 5.97 Å². The number of piperidine rings is 1. The molecule has 1 N–H and O–H groups in total. The Morgan fingerprint density at radius 1 is 1.18 bits per heavy atom. The normalized spacial score (nSPS) is 31.8. The molecule has 0 bridgehead atoms. The van der Waals surface area contributed by atoms with E-state index in [4.69, 9.17) is 4.74 Å². The van der Waals surface area contributed by atoms with Gasteiger partial charge in [-0.1, -0.05) is 20.8 Å². The average molecular weight is 310 g/mol. The number of esters is 1. The van der Waals surface area contributed by atoms with Crippen molar-refractivity contribution in [2.24, 2.45) is 5.41 Å². The molecular formula is C18H34N2O2. The smallest absolute Gasteiger partial charge is 0.327 e. The number of hydrogen-bond donors (Lipinski definition) is 1. The molecule has 4 heteroatoms. The summed E-state index contributed by atoms with van der Waals surface area (Å²) in [5.74, 6) is -0.0522. The molecule has 2 saturated heterocycles. The second-order valence-corrected chi connectivity index (χ2v) is 9.79. The quantitative estimate of drug-likeness (QED) is 0.643. The van der Waals surface area contributed by atoms with Crippen LogP contribution in [0.3, 0.4) is 0 Å². The summed E-state index contributed by atoms with van der Waals surface area (Å²) in [6.45, 7) is 16.2. The van der Waals surface area contributed by atoms with Gasteiger partial charge in [0.25, 0.3) is 0 Å². The summed E-state index contributed by atoms with van der Waals surface area (Å²) in [5.41, 5.74) is -0.231. The first kappa shape index (κ1) is 17.7. The monoisotopic (exact) mass is 310 g/mol. The van der Waals surface area contributed by atoms with Crippen molar-refractivity contribution in [3.63, 3.8) is 0 Å². The third-order valence-corrected chi connectivity index (χ3v) is 5.37. The molecule has 1 atom stereocenters. The van der Waals surface area contributed by atoms with E-state index in [0.717, 1.165) is 25.8 Å². The molecule has 2 rings (SSSR count). The van der Waals surface area contributed by atoms with E-state index in [1.807, 2.05) is 0 Å². The van der Waals surface area contributed by atoms with Gasteiger partial charge < -0.3 is 4.74 Å². The predicted octanol–water partition coefficient (Wildman–Crippen LogP) is 2.96. The highest BCUT2D eigenvalue weighted by Gasteiger charge is 2.54. The van der Waals surface area contributed by atoms with Gasteiger partial charge in [-0.2, -0.15) is 0 Å². The third-order valence-electron chi connectivity index (χ3n) is 5.37. The maximum atomic E-state index is 12.7. The van der Waals surface area contributed by atoms with Crippen LogP contribution in [0.25, 0.3) is 0 Å². The number of nitrogens with zero attached hydrogens (tertiary/aromatic N) is 1. The Morgan fingerprint density at radius 2 is 1.64 bits per heavy atom. The van der Waals surface area contributed by atoms with Crippen LogP contribution < -0.4 is 5.32 Å². The summed E-state index contributed by atoms with van der Waals surface area (Å²) in [6.07, 6.45) is 2.63. The Bertz CT molecular complexity index is 426. The van der Waals surface area contributed by atoms with Crippen LogP contribution in [-0.4, -0.2) is 47.2 Å². The lowest BCUT2D eigenvalue weighted by molar-refractivity contribution is -0.162. The van der Waals surface area contributed by atoms with Gasteiger partial charge in [0.05, 0.1) is 0 Å². The van der Waals surface area contributed by atoms with Gasteiger partial charge in [0.2, 0.25) is 0 Å². The highest BCUT2D eigenvalue weighted by atomic mass is 16.5. The van der Waals surface area contributed by atoms with Crippen molar-refractivity contribution in [1.29, 1.82) is 0 Å². The first-order valence-corrected chi connectivity index (χ1v) is 8.48. The van der Waals surface area contributed by atoms with Gasteiger partial charge in [-0.15, -0.1) is 0 Å². The van der Waals surface area contributed by atoms with Gasteiger partial charge in [-0.3, -0.25) is 10.2 Å². The average Bonchev–Trinajstić information content (AvgIpc) is 3.03. The number of rotatable bonds is 3. The summed E-state index contributed by atoms with van der Waals surface area (Å²) >= 11 is 0. The minimum atomic E-state index is -0.435. The zero-order valence-electron chi connectivity index (χ0n) is 15.7. The highest BCUT2D eigenvalue weighted by Crippen LogP contribution is 2.40. The number of likely N-dealkylation sites (tertiary alicyclic amines) is 1. The predicted molar refractivity (Wildman–Crippen MR) is 89.8 cm³/mol. The maximum Gasteiger partial charge on any atom is 0.327 e. The SMILES string of the molecule is CN1C(C)(C)CC(OC(=O)C2(CC(C)(C)C)CN2)CC1(C)C. The molecule has 1 unspecified atom stereocenters. The second kappa shape index (κ2) is 5.20. The molecule has 22 heavy (non-hydrogen) atoms. The highest BCUT2D eigenvalue weighted by molar-refractivity contribution is 5.85. The van der Waals surface area contributed by atoms with E-state index in [2.05, 4.69) is 65.7 Å². The minimum absolute atomic E-state index is 0.00735. The van der Waals surface area contributed by atoms with Crippen LogP contribution in [0.2, 0.25) is 0 Å². The molecule has 2 fully saturated rings. The van der Waals surface area contributed by atoms with E-state index in [-0.39, 0.29) is 28.6 Å². The lowest BCUT2D eigenvalue weighted by Crippen LogP contribution is -2.60. The Labute approximate surface area is 136 Å². The first-order chi connectivity index (χ1) is 9.78. The molecule has 0 radical (unpaired) electrons. The van der Waals surface area contributed by atoms with Crippen LogP contribution in [0.15, 0.2) is 0 Å². The summed E-state index contributed by atoms with van der Waals surface area (Å²) in [7, 11) is 2.17. The van der Waals surface area contributed by atoms with Crippen LogP contribution in [-0.2, 0) is 9.53 Å². The molecule has 0 aliphatic carbocycles. The molecule has 2 aliphatic rings. The molecule has 2 heterocycles. The van der Waals surface area contributed by atoms with Crippen molar-refractivity contribution in [3.8, 4) is 0 Å². The topological polar surface area (TPSA) is 51.5 Å². The molecule has 2 aliphatic heterocycles. The Kier molecular flexibility index (Phi) is 4.19. The third kappa shape index (κ3) is 3.65. The van der Waals surface area contributed by atoms with Crippen LogP contribution in [0.5, 0.6) is 0 Å². The van der Waals surface area contributed by atoms with Crippen molar-refractivity contribution in [2.45, 2.75) is 90.4 Å². The molecule has 0 spiro atoms. The molecular weight excluding hydrogens is 276 g/mol.